The highest BCUT2D eigenvalue weighted by atomic mass is 19.1. The highest BCUT2D eigenvalue weighted by Gasteiger charge is 2.27. The zero-order valence-electron chi connectivity index (χ0n) is 17.9. The van der Waals surface area contributed by atoms with Crippen molar-refractivity contribution in [3.63, 3.8) is 0 Å². The molecule has 1 N–H and O–H groups in total. The number of para-hydroxylation sites is 2. The third-order valence-corrected chi connectivity index (χ3v) is 4.57. The van der Waals surface area contributed by atoms with Crippen molar-refractivity contribution in [2.24, 2.45) is 5.92 Å². The van der Waals surface area contributed by atoms with Crippen LogP contribution in [0.1, 0.15) is 26.3 Å². The van der Waals surface area contributed by atoms with Gasteiger partial charge in [0.05, 0.1) is 7.11 Å². The lowest BCUT2D eigenvalue weighted by atomic mass is 10.1. The minimum absolute atomic E-state index is 0.0446. The molecule has 0 saturated carbocycles. The van der Waals surface area contributed by atoms with Crippen LogP contribution in [0.15, 0.2) is 48.5 Å². The first-order valence-electron chi connectivity index (χ1n) is 9.89. The van der Waals surface area contributed by atoms with Crippen LogP contribution in [0, 0.1) is 11.7 Å². The van der Waals surface area contributed by atoms with E-state index in [4.69, 9.17) is 9.47 Å². The van der Waals surface area contributed by atoms with Crippen LogP contribution >= 0.6 is 0 Å². The number of rotatable bonds is 10. The average molecular weight is 416 g/mol. The second kappa shape index (κ2) is 11.2. The second-order valence-corrected chi connectivity index (χ2v) is 7.37. The van der Waals surface area contributed by atoms with Crippen LogP contribution in [0.5, 0.6) is 11.5 Å². The lowest BCUT2D eigenvalue weighted by Gasteiger charge is -2.29. The molecule has 0 heterocycles. The minimum atomic E-state index is -0.794. The van der Waals surface area contributed by atoms with Crippen LogP contribution in [0.3, 0.4) is 0 Å². The normalized spacial score (nSPS) is 11.7. The number of methoxy groups -OCH3 is 1. The van der Waals surface area contributed by atoms with Gasteiger partial charge in [0.1, 0.15) is 11.9 Å². The Kier molecular flexibility index (Phi) is 8.65. The molecule has 0 saturated heterocycles. The molecular formula is C23H29FN2O4. The number of nitrogens with one attached hydrogen (secondary N) is 1. The van der Waals surface area contributed by atoms with Gasteiger partial charge in [-0.1, -0.05) is 44.2 Å². The highest BCUT2D eigenvalue weighted by molar-refractivity contribution is 5.88. The number of ether oxygens (including phenoxy) is 2. The maximum Gasteiger partial charge on any atom is 0.261 e. The van der Waals surface area contributed by atoms with Crippen molar-refractivity contribution in [2.75, 3.05) is 20.3 Å². The monoisotopic (exact) mass is 416 g/mol. The summed E-state index contributed by atoms with van der Waals surface area (Å²) in [5.41, 5.74) is 0.326. The molecule has 30 heavy (non-hydrogen) atoms. The summed E-state index contributed by atoms with van der Waals surface area (Å²) in [6.45, 7) is 5.72. The van der Waals surface area contributed by atoms with Gasteiger partial charge in [-0.2, -0.15) is 0 Å². The van der Waals surface area contributed by atoms with Gasteiger partial charge in [-0.3, -0.25) is 9.59 Å². The molecule has 2 aromatic carbocycles. The van der Waals surface area contributed by atoms with Crippen molar-refractivity contribution >= 4 is 11.8 Å². The second-order valence-electron chi connectivity index (χ2n) is 7.37. The first kappa shape index (κ1) is 23.2. The Hall–Kier alpha value is -3.09. The summed E-state index contributed by atoms with van der Waals surface area (Å²) in [4.78, 5) is 26.9. The van der Waals surface area contributed by atoms with E-state index in [9.17, 15) is 14.0 Å². The molecule has 0 fully saturated rings. The van der Waals surface area contributed by atoms with Gasteiger partial charge in [-0.05, 0) is 31.0 Å². The summed E-state index contributed by atoms with van der Waals surface area (Å²) in [5.74, 6) is 0.00769. The summed E-state index contributed by atoms with van der Waals surface area (Å²) >= 11 is 0. The third kappa shape index (κ3) is 6.47. The molecule has 0 aliphatic heterocycles. The quantitative estimate of drug-likeness (QED) is 0.645. The van der Waals surface area contributed by atoms with Gasteiger partial charge in [0.2, 0.25) is 5.91 Å². The summed E-state index contributed by atoms with van der Waals surface area (Å²) < 4.78 is 25.0. The van der Waals surface area contributed by atoms with Gasteiger partial charge in [0.15, 0.2) is 18.1 Å². The van der Waals surface area contributed by atoms with Crippen molar-refractivity contribution in [3.05, 3.63) is 59.9 Å². The van der Waals surface area contributed by atoms with E-state index in [2.05, 4.69) is 5.32 Å². The number of nitrogens with zero attached hydrogens (tertiary/aromatic N) is 1. The topological polar surface area (TPSA) is 67.9 Å². The van der Waals surface area contributed by atoms with Gasteiger partial charge in [0, 0.05) is 18.7 Å². The maximum atomic E-state index is 14.2. The molecular weight excluding hydrogens is 387 g/mol. The van der Waals surface area contributed by atoms with Crippen LogP contribution in [0.4, 0.5) is 4.39 Å². The molecule has 0 bridgehead atoms. The van der Waals surface area contributed by atoms with E-state index >= 15 is 0 Å². The number of hydrogen-bond acceptors (Lipinski definition) is 4. The molecule has 0 aliphatic rings. The average Bonchev–Trinajstić information content (AvgIpc) is 2.74. The van der Waals surface area contributed by atoms with Crippen molar-refractivity contribution < 1.29 is 23.5 Å². The Morgan fingerprint density at radius 3 is 2.30 bits per heavy atom. The highest BCUT2D eigenvalue weighted by Crippen LogP contribution is 2.26. The Morgan fingerprint density at radius 1 is 1.03 bits per heavy atom. The van der Waals surface area contributed by atoms with E-state index in [1.165, 1.54) is 18.1 Å². The van der Waals surface area contributed by atoms with Gasteiger partial charge in [0.25, 0.3) is 5.91 Å². The SMILES string of the molecule is COc1ccccc1OCC(=O)N(Cc1ccccc1F)[C@H](C)C(=O)NCC(C)C. The summed E-state index contributed by atoms with van der Waals surface area (Å²) in [7, 11) is 1.51. The molecule has 162 valence electrons. The Balaban J connectivity index is 2.17. The number of carbonyl (C=O) groups excluding carboxylic acids is 2. The zero-order chi connectivity index (χ0) is 22.1. The van der Waals surface area contributed by atoms with E-state index in [1.54, 1.807) is 49.4 Å². The molecule has 0 unspecified atom stereocenters. The maximum absolute atomic E-state index is 14.2. The number of carbonyl (C=O) groups is 2. The van der Waals surface area contributed by atoms with E-state index in [-0.39, 0.29) is 25.0 Å². The lowest BCUT2D eigenvalue weighted by Crippen LogP contribution is -2.49. The van der Waals surface area contributed by atoms with Crippen LogP contribution in [-0.4, -0.2) is 43.0 Å². The van der Waals surface area contributed by atoms with Crippen molar-refractivity contribution in [2.45, 2.75) is 33.4 Å². The molecule has 0 spiro atoms. The van der Waals surface area contributed by atoms with Crippen molar-refractivity contribution in [3.8, 4) is 11.5 Å². The van der Waals surface area contributed by atoms with Gasteiger partial charge < -0.3 is 19.7 Å². The number of benzene rings is 2. The molecule has 2 rings (SSSR count). The predicted molar refractivity (Wildman–Crippen MR) is 113 cm³/mol. The fraction of sp³-hybridized carbons (Fsp3) is 0.391. The predicted octanol–water partition coefficient (Wildman–Crippen LogP) is 3.40. The molecule has 6 nitrogen and oxygen atoms in total. The minimum Gasteiger partial charge on any atom is -0.493 e. The molecule has 2 amide bonds. The van der Waals surface area contributed by atoms with E-state index in [0.717, 1.165) is 0 Å². The smallest absolute Gasteiger partial charge is 0.261 e. The fourth-order valence-corrected chi connectivity index (χ4v) is 2.81. The van der Waals surface area contributed by atoms with Gasteiger partial charge >= 0.3 is 0 Å². The third-order valence-electron chi connectivity index (χ3n) is 4.57. The molecule has 0 aliphatic carbocycles. The Labute approximate surface area is 177 Å². The summed E-state index contributed by atoms with van der Waals surface area (Å²) in [6, 6.07) is 12.4. The Bertz CT molecular complexity index is 857. The van der Waals surface area contributed by atoms with Crippen molar-refractivity contribution in [1.82, 2.24) is 10.2 Å². The van der Waals surface area contributed by atoms with Crippen molar-refractivity contribution in [1.29, 1.82) is 0 Å². The summed E-state index contributed by atoms with van der Waals surface area (Å²) in [5, 5.41) is 2.82. The molecule has 2 aromatic rings. The zero-order valence-corrected chi connectivity index (χ0v) is 17.9. The molecule has 0 radical (unpaired) electrons. The number of halogens is 1. The van der Waals surface area contributed by atoms with E-state index in [0.29, 0.717) is 23.6 Å². The lowest BCUT2D eigenvalue weighted by molar-refractivity contribution is -0.142. The largest absolute Gasteiger partial charge is 0.493 e. The van der Waals surface area contributed by atoms with Crippen LogP contribution in [0.2, 0.25) is 0 Å². The van der Waals surface area contributed by atoms with Gasteiger partial charge in [-0.15, -0.1) is 0 Å². The van der Waals surface area contributed by atoms with Crippen LogP contribution in [-0.2, 0) is 16.1 Å². The Morgan fingerprint density at radius 2 is 1.67 bits per heavy atom. The van der Waals surface area contributed by atoms with Crippen LogP contribution in [0.25, 0.3) is 0 Å². The standard InChI is InChI=1S/C23H29FN2O4/c1-16(2)13-25-23(28)17(3)26(14-18-9-5-6-10-19(18)24)22(27)15-30-21-12-8-7-11-20(21)29-4/h5-12,16-17H,13-15H2,1-4H3,(H,25,28)/t17-/m1/s1. The number of hydrogen-bond donors (Lipinski definition) is 1. The molecule has 7 heteroatoms. The first-order valence-corrected chi connectivity index (χ1v) is 9.89. The van der Waals surface area contributed by atoms with Crippen LogP contribution < -0.4 is 14.8 Å². The molecule has 0 aromatic heterocycles. The van der Waals surface area contributed by atoms with E-state index < -0.39 is 17.8 Å². The molecule has 1 atom stereocenters. The summed E-state index contributed by atoms with van der Waals surface area (Å²) in [6.07, 6.45) is 0. The van der Waals surface area contributed by atoms with Gasteiger partial charge in [-0.25, -0.2) is 4.39 Å². The van der Waals surface area contributed by atoms with E-state index in [1.807, 2.05) is 13.8 Å². The first-order chi connectivity index (χ1) is 14.3. The number of amides is 2. The fourth-order valence-electron chi connectivity index (χ4n) is 2.81.